The molecule has 0 fully saturated rings. The van der Waals surface area contributed by atoms with Crippen LogP contribution in [0.2, 0.25) is 0 Å². The van der Waals surface area contributed by atoms with E-state index < -0.39 is 0 Å². The molecule has 1 aromatic heterocycles. The molecule has 1 atom stereocenters. The van der Waals surface area contributed by atoms with E-state index >= 15 is 0 Å². The van der Waals surface area contributed by atoms with Crippen LogP contribution in [0.4, 0.5) is 5.69 Å². The molecule has 100 valence electrons. The van der Waals surface area contributed by atoms with Gasteiger partial charge in [-0.3, -0.25) is 0 Å². The van der Waals surface area contributed by atoms with Gasteiger partial charge in [0.2, 0.25) is 0 Å². The first-order valence-electron chi connectivity index (χ1n) is 6.61. The predicted octanol–water partition coefficient (Wildman–Crippen LogP) is 2.62. The third-order valence-electron chi connectivity index (χ3n) is 3.57. The van der Waals surface area contributed by atoms with Crippen LogP contribution in [0.1, 0.15) is 18.0 Å². The number of aromatic nitrogens is 2. The summed E-state index contributed by atoms with van der Waals surface area (Å²) in [7, 11) is 0. The van der Waals surface area contributed by atoms with Gasteiger partial charge in [-0.2, -0.15) is 0 Å². The molecular weight excluding hydrogens is 317 g/mol. The van der Waals surface area contributed by atoms with Crippen LogP contribution < -0.4 is 10.1 Å². The monoisotopic (exact) mass is 331 g/mol. The Labute approximate surface area is 123 Å². The van der Waals surface area contributed by atoms with Gasteiger partial charge in [0.25, 0.3) is 0 Å². The molecular formula is C15H13N3OSe. The molecule has 0 aliphatic carbocycles. The number of anilines is 1. The quantitative estimate of drug-likeness (QED) is 0.734. The minimum atomic E-state index is 0.00764. The topological polar surface area (TPSA) is 47.0 Å². The van der Waals surface area contributed by atoms with E-state index in [1.54, 1.807) is 0 Å². The van der Waals surface area contributed by atoms with Gasteiger partial charge < -0.3 is 0 Å². The van der Waals surface area contributed by atoms with Crippen molar-refractivity contribution in [1.29, 1.82) is 0 Å². The molecule has 2 heterocycles. The number of hydrogen-bond acceptors (Lipinski definition) is 4. The van der Waals surface area contributed by atoms with E-state index in [9.17, 15) is 0 Å². The first kappa shape index (κ1) is 11.9. The molecule has 4 nitrogen and oxygen atoms in total. The van der Waals surface area contributed by atoms with Gasteiger partial charge in [0.15, 0.2) is 0 Å². The second-order valence-corrected chi connectivity index (χ2v) is 5.92. The molecule has 0 bridgehead atoms. The Morgan fingerprint density at radius 3 is 3.05 bits per heavy atom. The Hall–Kier alpha value is -1.84. The first-order valence-corrected chi connectivity index (χ1v) is 8.14. The van der Waals surface area contributed by atoms with Crippen molar-refractivity contribution in [1.82, 2.24) is 7.96 Å². The van der Waals surface area contributed by atoms with Crippen LogP contribution in [0.3, 0.4) is 0 Å². The van der Waals surface area contributed by atoms with E-state index in [1.807, 2.05) is 24.3 Å². The minimum absolute atomic E-state index is 0.00764. The molecule has 1 N–H and O–H groups in total. The van der Waals surface area contributed by atoms with Gasteiger partial charge in [-0.15, -0.1) is 0 Å². The molecule has 0 saturated carbocycles. The number of ether oxygens (including phenoxy) is 1. The molecule has 0 amide bonds. The molecule has 1 unspecified atom stereocenters. The van der Waals surface area contributed by atoms with Crippen molar-refractivity contribution in [3.05, 3.63) is 48.0 Å². The molecule has 0 saturated heterocycles. The summed E-state index contributed by atoms with van der Waals surface area (Å²) >= 11 is 0.00764. The van der Waals surface area contributed by atoms with Gasteiger partial charge in [0.1, 0.15) is 0 Å². The number of benzene rings is 2. The Bertz CT molecular complexity index is 755. The summed E-state index contributed by atoms with van der Waals surface area (Å²) in [6, 6.07) is 14.6. The molecule has 0 radical (unpaired) electrons. The zero-order valence-electron chi connectivity index (χ0n) is 10.7. The van der Waals surface area contributed by atoms with E-state index in [2.05, 4.69) is 31.5 Å². The van der Waals surface area contributed by atoms with E-state index in [4.69, 9.17) is 4.74 Å². The van der Waals surface area contributed by atoms with Crippen molar-refractivity contribution < 1.29 is 4.74 Å². The average Bonchev–Trinajstić information content (AvgIpc) is 2.97. The summed E-state index contributed by atoms with van der Waals surface area (Å²) < 4.78 is 14.7. The third-order valence-corrected chi connectivity index (χ3v) is 4.71. The van der Waals surface area contributed by atoms with Crippen molar-refractivity contribution in [3.63, 3.8) is 0 Å². The molecule has 4 rings (SSSR count). The first-order chi connectivity index (χ1) is 9.92. The predicted molar refractivity (Wildman–Crippen MR) is 79.4 cm³/mol. The fraction of sp³-hybridized carbons (Fsp3) is 0.200. The SMILES string of the molecule is c1ccc2c(c1)OCCC2Nc1cccc2n[se]nc12. The summed E-state index contributed by atoms with van der Waals surface area (Å²) in [6.45, 7) is 0.745. The fourth-order valence-corrected chi connectivity index (χ4v) is 3.76. The number of nitrogens with zero attached hydrogens (tertiary/aromatic N) is 2. The summed E-state index contributed by atoms with van der Waals surface area (Å²) in [5.74, 6) is 0.981. The average molecular weight is 330 g/mol. The third kappa shape index (κ3) is 1.99. The van der Waals surface area contributed by atoms with Crippen LogP contribution >= 0.6 is 0 Å². The van der Waals surface area contributed by atoms with E-state index in [0.29, 0.717) is 0 Å². The van der Waals surface area contributed by atoms with Crippen LogP contribution in [0.25, 0.3) is 11.0 Å². The fourth-order valence-electron chi connectivity index (χ4n) is 2.60. The summed E-state index contributed by atoms with van der Waals surface area (Å²) in [6.07, 6.45) is 0.961. The molecule has 2 aromatic carbocycles. The van der Waals surface area contributed by atoms with Gasteiger partial charge in [-0.05, 0) is 0 Å². The normalized spacial score (nSPS) is 17.5. The molecule has 0 spiro atoms. The zero-order chi connectivity index (χ0) is 13.4. The van der Waals surface area contributed by atoms with Gasteiger partial charge in [0.05, 0.1) is 0 Å². The van der Waals surface area contributed by atoms with Crippen molar-refractivity contribution >= 4 is 31.7 Å². The summed E-state index contributed by atoms with van der Waals surface area (Å²) in [4.78, 5) is 0. The van der Waals surface area contributed by atoms with Gasteiger partial charge in [0, 0.05) is 0 Å². The van der Waals surface area contributed by atoms with E-state index in [-0.39, 0.29) is 21.0 Å². The van der Waals surface area contributed by atoms with Crippen molar-refractivity contribution in [3.8, 4) is 5.75 Å². The number of rotatable bonds is 2. The second kappa shape index (κ2) is 4.93. The van der Waals surface area contributed by atoms with Crippen LogP contribution in [-0.2, 0) is 0 Å². The number of hydrogen-bond donors (Lipinski definition) is 1. The number of fused-ring (bicyclic) bond motifs is 2. The van der Waals surface area contributed by atoms with Crippen molar-refractivity contribution in [2.75, 3.05) is 11.9 Å². The standard InChI is InChI=1S/C15H13N3OSe/c1-2-7-14-10(4-1)11(8-9-19-14)16-12-5-3-6-13-15(12)18-20-17-13/h1-7,11,16H,8-9H2. The summed E-state index contributed by atoms with van der Waals surface area (Å²) in [5.41, 5.74) is 4.32. The van der Waals surface area contributed by atoms with Crippen LogP contribution in [0, 0.1) is 0 Å². The summed E-state index contributed by atoms with van der Waals surface area (Å²) in [5, 5.41) is 3.61. The zero-order valence-corrected chi connectivity index (χ0v) is 12.5. The second-order valence-electron chi connectivity index (χ2n) is 4.81. The molecule has 20 heavy (non-hydrogen) atoms. The number of nitrogens with one attached hydrogen (secondary N) is 1. The Kier molecular flexibility index (Phi) is 2.94. The van der Waals surface area contributed by atoms with E-state index in [1.165, 1.54) is 5.56 Å². The van der Waals surface area contributed by atoms with Gasteiger partial charge >= 0.3 is 123 Å². The molecule has 5 heteroatoms. The number of para-hydroxylation sites is 1. The maximum atomic E-state index is 5.71. The Morgan fingerprint density at radius 2 is 2.05 bits per heavy atom. The van der Waals surface area contributed by atoms with Gasteiger partial charge in [-0.25, -0.2) is 0 Å². The van der Waals surface area contributed by atoms with Crippen molar-refractivity contribution in [2.45, 2.75) is 12.5 Å². The molecule has 3 aromatic rings. The maximum absolute atomic E-state index is 5.71. The van der Waals surface area contributed by atoms with Crippen LogP contribution in [0.5, 0.6) is 5.75 Å². The molecule has 1 aliphatic rings. The molecule has 1 aliphatic heterocycles. The van der Waals surface area contributed by atoms with E-state index in [0.717, 1.165) is 35.5 Å². The Morgan fingerprint density at radius 1 is 1.10 bits per heavy atom. The van der Waals surface area contributed by atoms with Crippen molar-refractivity contribution in [2.24, 2.45) is 0 Å². The van der Waals surface area contributed by atoms with Gasteiger partial charge in [-0.1, -0.05) is 0 Å². The van der Waals surface area contributed by atoms with Crippen LogP contribution in [-0.4, -0.2) is 29.5 Å². The Balaban J connectivity index is 1.72. The van der Waals surface area contributed by atoms with Crippen LogP contribution in [0.15, 0.2) is 42.5 Å².